The first-order valence-electron chi connectivity index (χ1n) is 6.15. The van der Waals surface area contributed by atoms with Crippen LogP contribution in [0.3, 0.4) is 0 Å². The molecule has 21 heavy (non-hydrogen) atoms. The molecule has 112 valence electrons. The average molecular weight is 295 g/mol. The smallest absolute Gasteiger partial charge is 0.330 e. The van der Waals surface area contributed by atoms with Crippen LogP contribution in [0.15, 0.2) is 27.0 Å². The molecule has 1 aromatic rings. The van der Waals surface area contributed by atoms with Crippen molar-refractivity contribution in [2.24, 2.45) is 5.11 Å². The topological polar surface area (TPSA) is 139 Å². The van der Waals surface area contributed by atoms with Crippen LogP contribution in [0.4, 0.5) is 0 Å². The van der Waals surface area contributed by atoms with Crippen LogP contribution in [0.2, 0.25) is 0 Å². The lowest BCUT2D eigenvalue weighted by Gasteiger charge is -2.15. The largest absolute Gasteiger partial charge is 0.463 e. The minimum Gasteiger partial charge on any atom is -0.463 e. The van der Waals surface area contributed by atoms with Crippen molar-refractivity contribution in [3.05, 3.63) is 43.5 Å². The summed E-state index contributed by atoms with van der Waals surface area (Å²) in [5.41, 5.74) is 7.41. The molecule has 0 spiro atoms. The number of ether oxygens (including phenoxy) is 2. The van der Waals surface area contributed by atoms with E-state index in [2.05, 4.69) is 15.0 Å². The van der Waals surface area contributed by atoms with Crippen molar-refractivity contribution in [2.75, 3.05) is 6.61 Å². The first-order chi connectivity index (χ1) is 10.0. The number of H-pyrrole nitrogens is 1. The highest BCUT2D eigenvalue weighted by Gasteiger charge is 2.36. The van der Waals surface area contributed by atoms with Gasteiger partial charge in [0.25, 0.3) is 5.56 Å². The second-order valence-electron chi connectivity index (χ2n) is 4.46. The Hall–Kier alpha value is -2.58. The Morgan fingerprint density at radius 2 is 2.43 bits per heavy atom. The van der Waals surface area contributed by atoms with Crippen LogP contribution in [0.25, 0.3) is 10.4 Å². The molecule has 3 unspecified atom stereocenters. The van der Waals surface area contributed by atoms with E-state index in [0.29, 0.717) is 0 Å². The minimum atomic E-state index is -0.703. The maximum atomic E-state index is 11.7. The fraction of sp³-hybridized carbons (Fsp3) is 0.545. The summed E-state index contributed by atoms with van der Waals surface area (Å²) in [5.74, 6) is -0.483. The van der Waals surface area contributed by atoms with Crippen molar-refractivity contribution in [1.29, 1.82) is 0 Å². The standard InChI is InChI=1S/C11H13N5O5/c1-6(17)20-5-8-7(14-15-12)4-10(21-8)16-3-2-9(18)13-11(16)19/h2-3,7-8,10H,4-5H2,1H3,(H,13,18,19). The zero-order valence-electron chi connectivity index (χ0n) is 11.1. The molecule has 0 bridgehead atoms. The summed E-state index contributed by atoms with van der Waals surface area (Å²) in [6.45, 7) is 1.18. The van der Waals surface area contributed by atoms with Gasteiger partial charge in [0.05, 0.1) is 6.04 Å². The molecule has 1 N–H and O–H groups in total. The van der Waals surface area contributed by atoms with Gasteiger partial charge in [-0.2, -0.15) is 0 Å². The molecular weight excluding hydrogens is 282 g/mol. The normalized spacial score (nSPS) is 24.3. The molecule has 2 heterocycles. The van der Waals surface area contributed by atoms with E-state index in [9.17, 15) is 14.4 Å². The number of aromatic amines is 1. The Morgan fingerprint density at radius 1 is 1.67 bits per heavy atom. The quantitative estimate of drug-likeness (QED) is 0.362. The van der Waals surface area contributed by atoms with Crippen LogP contribution in [0.1, 0.15) is 19.6 Å². The van der Waals surface area contributed by atoms with Crippen LogP contribution in [0.5, 0.6) is 0 Å². The molecule has 1 aromatic heterocycles. The van der Waals surface area contributed by atoms with E-state index in [0.717, 1.165) is 0 Å². The Kier molecular flexibility index (Phi) is 4.41. The first-order valence-corrected chi connectivity index (χ1v) is 6.15. The van der Waals surface area contributed by atoms with Crippen molar-refractivity contribution in [1.82, 2.24) is 9.55 Å². The SMILES string of the molecule is CC(=O)OCC1OC(n2ccc(=O)[nH]c2=O)CC1N=[N+]=[N-]. The monoisotopic (exact) mass is 295 g/mol. The van der Waals surface area contributed by atoms with E-state index in [4.69, 9.17) is 15.0 Å². The molecular formula is C11H13N5O5. The van der Waals surface area contributed by atoms with Crippen molar-refractivity contribution in [3.63, 3.8) is 0 Å². The van der Waals surface area contributed by atoms with Crippen LogP contribution in [0, 0.1) is 0 Å². The fourth-order valence-electron chi connectivity index (χ4n) is 2.08. The van der Waals surface area contributed by atoms with Gasteiger partial charge in [-0.3, -0.25) is 19.1 Å². The molecule has 2 rings (SSSR count). The molecule has 1 fully saturated rings. The van der Waals surface area contributed by atoms with E-state index in [1.807, 2.05) is 0 Å². The van der Waals surface area contributed by atoms with Crippen LogP contribution < -0.4 is 11.2 Å². The maximum Gasteiger partial charge on any atom is 0.330 e. The van der Waals surface area contributed by atoms with Gasteiger partial charge in [-0.25, -0.2) is 4.79 Å². The molecule has 10 nitrogen and oxygen atoms in total. The number of hydrogen-bond acceptors (Lipinski definition) is 6. The summed E-state index contributed by atoms with van der Waals surface area (Å²) < 4.78 is 11.6. The van der Waals surface area contributed by atoms with Crippen LogP contribution in [-0.2, 0) is 14.3 Å². The van der Waals surface area contributed by atoms with Crippen molar-refractivity contribution >= 4 is 5.97 Å². The molecule has 0 radical (unpaired) electrons. The van der Waals surface area contributed by atoms with Crippen LogP contribution >= 0.6 is 0 Å². The van der Waals surface area contributed by atoms with Crippen molar-refractivity contribution < 1.29 is 14.3 Å². The van der Waals surface area contributed by atoms with Gasteiger partial charge in [-0.1, -0.05) is 5.11 Å². The van der Waals surface area contributed by atoms with Gasteiger partial charge in [-0.15, -0.1) is 0 Å². The molecule has 0 amide bonds. The number of aromatic nitrogens is 2. The lowest BCUT2D eigenvalue weighted by Crippen LogP contribution is -2.32. The number of rotatable bonds is 4. The van der Waals surface area contributed by atoms with Gasteiger partial charge < -0.3 is 9.47 Å². The fourth-order valence-corrected chi connectivity index (χ4v) is 2.08. The molecule has 0 saturated carbocycles. The zero-order chi connectivity index (χ0) is 15.4. The maximum absolute atomic E-state index is 11.7. The first kappa shape index (κ1) is 14.8. The van der Waals surface area contributed by atoms with E-state index < -0.39 is 35.6 Å². The summed E-state index contributed by atoms with van der Waals surface area (Å²) in [7, 11) is 0. The average Bonchev–Trinajstić information content (AvgIpc) is 2.80. The van der Waals surface area contributed by atoms with E-state index in [-0.39, 0.29) is 13.0 Å². The highest BCUT2D eigenvalue weighted by atomic mass is 16.6. The van der Waals surface area contributed by atoms with E-state index in [1.54, 1.807) is 0 Å². The van der Waals surface area contributed by atoms with Crippen LogP contribution in [-0.4, -0.2) is 34.3 Å². The second kappa shape index (κ2) is 6.25. The van der Waals surface area contributed by atoms with Crippen molar-refractivity contribution in [3.8, 4) is 0 Å². The summed E-state index contributed by atoms with van der Waals surface area (Å²) in [4.78, 5) is 38.4. The number of hydrogen-bond donors (Lipinski definition) is 1. The third-order valence-electron chi connectivity index (χ3n) is 3.02. The summed E-state index contributed by atoms with van der Waals surface area (Å²) in [5, 5.41) is 3.58. The molecule has 3 atom stereocenters. The van der Waals surface area contributed by atoms with Gasteiger partial charge in [-0.05, 0) is 5.53 Å². The molecule has 1 saturated heterocycles. The van der Waals surface area contributed by atoms with Gasteiger partial charge >= 0.3 is 11.7 Å². The number of nitrogens with zero attached hydrogens (tertiary/aromatic N) is 4. The predicted molar refractivity (Wildman–Crippen MR) is 69.4 cm³/mol. The predicted octanol–water partition coefficient (Wildman–Crippen LogP) is 0.0661. The Morgan fingerprint density at radius 3 is 3.05 bits per heavy atom. The van der Waals surface area contributed by atoms with Crippen molar-refractivity contribution in [2.45, 2.75) is 31.7 Å². The third kappa shape index (κ3) is 3.50. The second-order valence-corrected chi connectivity index (χ2v) is 4.46. The minimum absolute atomic E-state index is 0.0758. The van der Waals surface area contributed by atoms with E-state index >= 15 is 0 Å². The molecule has 10 heteroatoms. The number of azide groups is 1. The summed E-state index contributed by atoms with van der Waals surface area (Å²) in [6, 6.07) is 0.616. The molecule has 0 aliphatic carbocycles. The Bertz CT molecular complexity index is 689. The Balaban J connectivity index is 2.19. The Labute approximate surface area is 117 Å². The number of nitrogens with one attached hydrogen (secondary N) is 1. The van der Waals surface area contributed by atoms with E-state index in [1.165, 1.54) is 23.8 Å². The van der Waals surface area contributed by atoms with Gasteiger partial charge in [0.2, 0.25) is 0 Å². The number of esters is 1. The summed E-state index contributed by atoms with van der Waals surface area (Å²) >= 11 is 0. The lowest BCUT2D eigenvalue weighted by molar-refractivity contribution is -0.146. The van der Waals surface area contributed by atoms with Gasteiger partial charge in [0.1, 0.15) is 18.9 Å². The molecule has 0 aromatic carbocycles. The highest BCUT2D eigenvalue weighted by Crippen LogP contribution is 2.30. The van der Waals surface area contributed by atoms with Gasteiger partial charge in [0.15, 0.2) is 0 Å². The molecule has 1 aliphatic heterocycles. The number of carbonyl (C=O) groups excluding carboxylic acids is 1. The molecule has 1 aliphatic rings. The zero-order valence-corrected chi connectivity index (χ0v) is 11.1. The lowest BCUT2D eigenvalue weighted by atomic mass is 10.1. The number of carbonyl (C=O) groups is 1. The highest BCUT2D eigenvalue weighted by molar-refractivity contribution is 5.65. The third-order valence-corrected chi connectivity index (χ3v) is 3.02. The van der Waals surface area contributed by atoms with Gasteiger partial charge in [0, 0.05) is 30.5 Å². The summed E-state index contributed by atoms with van der Waals surface area (Å²) in [6.07, 6.45) is 0.189.